The summed E-state index contributed by atoms with van der Waals surface area (Å²) in [7, 11) is 0. The Bertz CT molecular complexity index is 371. The van der Waals surface area contributed by atoms with Crippen molar-refractivity contribution in [1.82, 2.24) is 4.57 Å². The lowest BCUT2D eigenvalue weighted by atomic mass is 10.1. The van der Waals surface area contributed by atoms with Crippen molar-refractivity contribution in [3.8, 4) is 0 Å². The number of pyridine rings is 1. The molecule has 13 heavy (non-hydrogen) atoms. The van der Waals surface area contributed by atoms with Gasteiger partial charge in [-0.25, -0.2) is 0 Å². The van der Waals surface area contributed by atoms with Crippen LogP contribution in [0, 0.1) is 6.92 Å². The molecule has 0 aromatic carbocycles. The van der Waals surface area contributed by atoms with Crippen molar-refractivity contribution in [2.75, 3.05) is 5.73 Å². The number of nitrogens with two attached hydrogens (primary N) is 1. The van der Waals surface area contributed by atoms with Gasteiger partial charge in [0.1, 0.15) is 0 Å². The molecule has 0 saturated carbocycles. The molecule has 3 heteroatoms. The van der Waals surface area contributed by atoms with Crippen molar-refractivity contribution in [3.05, 3.63) is 28.2 Å². The topological polar surface area (TPSA) is 48.0 Å². The molecule has 0 aliphatic heterocycles. The van der Waals surface area contributed by atoms with E-state index in [1.54, 1.807) is 10.6 Å². The van der Waals surface area contributed by atoms with E-state index in [-0.39, 0.29) is 11.1 Å². The second kappa shape index (κ2) is 2.91. The second-order valence-corrected chi connectivity index (χ2v) is 4.24. The fraction of sp³-hybridized carbons (Fsp3) is 0.500. The molecule has 0 atom stereocenters. The van der Waals surface area contributed by atoms with Crippen molar-refractivity contribution in [3.63, 3.8) is 0 Å². The van der Waals surface area contributed by atoms with Gasteiger partial charge in [-0.2, -0.15) is 0 Å². The van der Waals surface area contributed by atoms with Crippen LogP contribution in [-0.2, 0) is 5.54 Å². The predicted octanol–water partition coefficient (Wildman–Crippen LogP) is 1.49. The average Bonchev–Trinajstić information content (AvgIpc) is 1.95. The first-order chi connectivity index (χ1) is 5.84. The van der Waals surface area contributed by atoms with Crippen molar-refractivity contribution in [2.24, 2.45) is 0 Å². The van der Waals surface area contributed by atoms with Crippen LogP contribution in [0.15, 0.2) is 16.9 Å². The summed E-state index contributed by atoms with van der Waals surface area (Å²) in [5.74, 6) is 0. The van der Waals surface area contributed by atoms with Gasteiger partial charge in [0.15, 0.2) is 0 Å². The normalized spacial score (nSPS) is 11.7. The number of nitrogen functional groups attached to an aromatic ring is 1. The minimum Gasteiger partial charge on any atom is -0.394 e. The Labute approximate surface area is 78.2 Å². The molecule has 0 unspecified atom stereocenters. The van der Waals surface area contributed by atoms with Crippen molar-refractivity contribution in [2.45, 2.75) is 33.2 Å². The number of aromatic nitrogens is 1. The van der Waals surface area contributed by atoms with Crippen LogP contribution in [0.25, 0.3) is 0 Å². The number of hydrogen-bond acceptors (Lipinski definition) is 2. The highest BCUT2D eigenvalue weighted by Gasteiger charge is 2.17. The highest BCUT2D eigenvalue weighted by Crippen LogP contribution is 2.14. The van der Waals surface area contributed by atoms with Gasteiger partial charge in [0.25, 0.3) is 5.56 Å². The lowest BCUT2D eigenvalue weighted by molar-refractivity contribution is 0.377. The zero-order valence-electron chi connectivity index (χ0n) is 8.59. The number of rotatable bonds is 0. The fourth-order valence-electron chi connectivity index (χ4n) is 1.48. The summed E-state index contributed by atoms with van der Waals surface area (Å²) in [6.45, 7) is 7.87. The molecule has 1 aromatic heterocycles. The van der Waals surface area contributed by atoms with Crippen LogP contribution in [-0.4, -0.2) is 4.57 Å². The summed E-state index contributed by atoms with van der Waals surface area (Å²) in [5, 5.41) is 0. The number of aryl methyl sites for hydroxylation is 1. The quantitative estimate of drug-likeness (QED) is 0.657. The maximum absolute atomic E-state index is 11.7. The van der Waals surface area contributed by atoms with Gasteiger partial charge in [0, 0.05) is 11.2 Å². The second-order valence-electron chi connectivity index (χ2n) is 4.24. The van der Waals surface area contributed by atoms with E-state index < -0.39 is 0 Å². The molecule has 0 amide bonds. The third kappa shape index (κ3) is 1.74. The van der Waals surface area contributed by atoms with E-state index in [1.807, 2.05) is 33.8 Å². The molecule has 3 nitrogen and oxygen atoms in total. The number of nitrogens with zero attached hydrogens (tertiary/aromatic N) is 1. The van der Waals surface area contributed by atoms with Crippen molar-refractivity contribution < 1.29 is 0 Å². The van der Waals surface area contributed by atoms with Gasteiger partial charge in [0.2, 0.25) is 0 Å². The Balaban J connectivity index is 3.53. The van der Waals surface area contributed by atoms with Gasteiger partial charge in [-0.15, -0.1) is 0 Å². The Hall–Kier alpha value is -1.25. The van der Waals surface area contributed by atoms with Crippen molar-refractivity contribution >= 4 is 5.69 Å². The molecule has 0 aliphatic carbocycles. The largest absolute Gasteiger partial charge is 0.394 e. The van der Waals surface area contributed by atoms with Crippen LogP contribution >= 0.6 is 0 Å². The monoisotopic (exact) mass is 180 g/mol. The molecule has 1 rings (SSSR count). The maximum Gasteiger partial charge on any atom is 0.274 e. The number of anilines is 1. The van der Waals surface area contributed by atoms with Crippen molar-refractivity contribution in [1.29, 1.82) is 0 Å². The van der Waals surface area contributed by atoms with Gasteiger partial charge in [-0.1, -0.05) is 0 Å². The lowest BCUT2D eigenvalue weighted by Crippen LogP contribution is -2.36. The first-order valence-corrected chi connectivity index (χ1v) is 4.32. The highest BCUT2D eigenvalue weighted by molar-refractivity contribution is 5.36. The van der Waals surface area contributed by atoms with Crippen LogP contribution in [0.3, 0.4) is 0 Å². The summed E-state index contributed by atoms with van der Waals surface area (Å²) in [6.07, 6.45) is 0. The standard InChI is InChI=1S/C10H16N2O/c1-7-5-6-8(11)9(13)12(7)10(2,3)4/h5-6H,11H2,1-4H3. The van der Waals surface area contributed by atoms with E-state index in [4.69, 9.17) is 5.73 Å². The SMILES string of the molecule is Cc1ccc(N)c(=O)n1C(C)(C)C. The molecular formula is C10H16N2O. The molecule has 1 heterocycles. The Morgan fingerprint density at radius 1 is 1.31 bits per heavy atom. The fourth-order valence-corrected chi connectivity index (χ4v) is 1.48. The zero-order chi connectivity index (χ0) is 10.2. The Morgan fingerprint density at radius 3 is 2.23 bits per heavy atom. The van der Waals surface area contributed by atoms with Gasteiger partial charge in [-0.05, 0) is 39.8 Å². The molecule has 0 bridgehead atoms. The minimum absolute atomic E-state index is 0.104. The van der Waals surface area contributed by atoms with Gasteiger partial charge in [0.05, 0.1) is 5.69 Å². The minimum atomic E-state index is -0.212. The predicted molar refractivity (Wildman–Crippen MR) is 54.8 cm³/mol. The van der Waals surface area contributed by atoms with E-state index in [0.29, 0.717) is 5.69 Å². The highest BCUT2D eigenvalue weighted by atomic mass is 16.1. The molecule has 1 aromatic rings. The molecule has 2 N–H and O–H groups in total. The lowest BCUT2D eigenvalue weighted by Gasteiger charge is -2.25. The molecule has 0 saturated heterocycles. The van der Waals surface area contributed by atoms with Crippen LogP contribution in [0.1, 0.15) is 26.5 Å². The maximum atomic E-state index is 11.7. The zero-order valence-corrected chi connectivity index (χ0v) is 8.59. The van der Waals surface area contributed by atoms with Crippen LogP contribution in [0.4, 0.5) is 5.69 Å². The molecule has 0 radical (unpaired) electrons. The summed E-state index contributed by atoms with van der Waals surface area (Å²) < 4.78 is 1.71. The molecule has 0 fully saturated rings. The third-order valence-electron chi connectivity index (χ3n) is 1.98. The van der Waals surface area contributed by atoms with Gasteiger partial charge in [-0.3, -0.25) is 4.79 Å². The van der Waals surface area contributed by atoms with E-state index >= 15 is 0 Å². The average molecular weight is 180 g/mol. The molecular weight excluding hydrogens is 164 g/mol. The third-order valence-corrected chi connectivity index (χ3v) is 1.98. The van der Waals surface area contributed by atoms with Gasteiger partial charge < -0.3 is 10.3 Å². The molecule has 0 aliphatic rings. The van der Waals surface area contributed by atoms with Crippen LogP contribution in [0.2, 0.25) is 0 Å². The molecule has 0 spiro atoms. The van der Waals surface area contributed by atoms with Crippen LogP contribution < -0.4 is 11.3 Å². The summed E-state index contributed by atoms with van der Waals surface area (Å²) in [6, 6.07) is 3.52. The number of hydrogen-bond donors (Lipinski definition) is 1. The summed E-state index contributed by atoms with van der Waals surface area (Å²) >= 11 is 0. The Kier molecular flexibility index (Phi) is 2.20. The van der Waals surface area contributed by atoms with E-state index in [0.717, 1.165) is 5.69 Å². The van der Waals surface area contributed by atoms with E-state index in [1.165, 1.54) is 0 Å². The van der Waals surface area contributed by atoms with E-state index in [9.17, 15) is 4.79 Å². The summed E-state index contributed by atoms with van der Waals surface area (Å²) in [5.41, 5.74) is 6.48. The van der Waals surface area contributed by atoms with Gasteiger partial charge >= 0.3 is 0 Å². The first kappa shape index (κ1) is 9.84. The van der Waals surface area contributed by atoms with Crippen LogP contribution in [0.5, 0.6) is 0 Å². The molecule has 72 valence electrons. The Morgan fingerprint density at radius 2 is 1.85 bits per heavy atom. The summed E-state index contributed by atoms with van der Waals surface area (Å²) in [4.78, 5) is 11.7. The smallest absolute Gasteiger partial charge is 0.274 e. The van der Waals surface area contributed by atoms with E-state index in [2.05, 4.69) is 0 Å². The first-order valence-electron chi connectivity index (χ1n) is 4.32.